The van der Waals surface area contributed by atoms with Crippen LogP contribution in [-0.4, -0.2) is 50.3 Å². The van der Waals surface area contributed by atoms with E-state index in [1.165, 1.54) is 45.4 Å². The number of ether oxygens (including phenoxy) is 1. The molecule has 3 atom stereocenters. The van der Waals surface area contributed by atoms with Gasteiger partial charge in [0.05, 0.1) is 6.61 Å². The van der Waals surface area contributed by atoms with Gasteiger partial charge in [-0.3, -0.25) is 4.90 Å². The largest absolute Gasteiger partial charge is 0.381 e. The van der Waals surface area contributed by atoms with Gasteiger partial charge >= 0.3 is 0 Å². The van der Waals surface area contributed by atoms with Crippen LogP contribution >= 0.6 is 0 Å². The van der Waals surface area contributed by atoms with Gasteiger partial charge in [-0.2, -0.15) is 0 Å². The summed E-state index contributed by atoms with van der Waals surface area (Å²) in [5.41, 5.74) is 0. The molecule has 0 saturated carbocycles. The van der Waals surface area contributed by atoms with E-state index >= 15 is 0 Å². The Kier molecular flexibility index (Phi) is 5.26. The number of nitrogens with one attached hydrogen (secondary N) is 1. The van der Waals surface area contributed by atoms with Crippen molar-refractivity contribution in [1.82, 2.24) is 10.2 Å². The fraction of sp³-hybridized carbons (Fsp3) is 1.00. The zero-order chi connectivity index (χ0) is 12.1. The van der Waals surface area contributed by atoms with Crippen molar-refractivity contribution < 1.29 is 4.74 Å². The maximum Gasteiger partial charge on any atom is 0.0509 e. The quantitative estimate of drug-likeness (QED) is 0.716. The lowest BCUT2D eigenvalue weighted by molar-refractivity contribution is 0.142. The highest BCUT2D eigenvalue weighted by atomic mass is 16.5. The van der Waals surface area contributed by atoms with Crippen LogP contribution in [0.15, 0.2) is 0 Å². The molecular weight excluding hydrogens is 212 g/mol. The van der Waals surface area contributed by atoms with Gasteiger partial charge in [-0.25, -0.2) is 0 Å². The molecule has 2 aliphatic rings. The second kappa shape index (κ2) is 6.72. The summed E-state index contributed by atoms with van der Waals surface area (Å²) >= 11 is 0. The van der Waals surface area contributed by atoms with E-state index in [9.17, 15) is 0 Å². The third kappa shape index (κ3) is 3.67. The maximum atomic E-state index is 5.51. The van der Waals surface area contributed by atoms with Crippen molar-refractivity contribution in [2.75, 3.05) is 39.4 Å². The standard InChI is InChI=1S/C14H28N2O/c1-3-6-15-9-13-4-7-16(10-13)12(2)14-5-8-17-11-14/h12-15H,3-11H2,1-2H3. The second-order valence-corrected chi connectivity index (χ2v) is 5.72. The van der Waals surface area contributed by atoms with Crippen LogP contribution in [0.25, 0.3) is 0 Å². The number of hydrogen-bond donors (Lipinski definition) is 1. The Balaban J connectivity index is 1.69. The van der Waals surface area contributed by atoms with E-state index in [4.69, 9.17) is 4.74 Å². The molecule has 2 heterocycles. The van der Waals surface area contributed by atoms with Crippen LogP contribution in [0.4, 0.5) is 0 Å². The number of rotatable bonds is 6. The zero-order valence-electron chi connectivity index (χ0n) is 11.5. The Bertz CT molecular complexity index is 216. The summed E-state index contributed by atoms with van der Waals surface area (Å²) in [6, 6.07) is 0.716. The fourth-order valence-electron chi connectivity index (χ4n) is 3.11. The molecule has 100 valence electrons. The van der Waals surface area contributed by atoms with Crippen LogP contribution in [0.5, 0.6) is 0 Å². The summed E-state index contributed by atoms with van der Waals surface area (Å²) in [6.07, 6.45) is 3.87. The highest BCUT2D eigenvalue weighted by Gasteiger charge is 2.31. The van der Waals surface area contributed by atoms with Gasteiger partial charge in [0.25, 0.3) is 0 Å². The van der Waals surface area contributed by atoms with E-state index in [0.29, 0.717) is 6.04 Å². The van der Waals surface area contributed by atoms with Crippen molar-refractivity contribution in [1.29, 1.82) is 0 Å². The molecule has 0 aromatic rings. The van der Waals surface area contributed by atoms with Gasteiger partial charge < -0.3 is 10.1 Å². The molecule has 17 heavy (non-hydrogen) atoms. The van der Waals surface area contributed by atoms with Crippen molar-refractivity contribution in [3.8, 4) is 0 Å². The molecule has 2 fully saturated rings. The first-order valence-corrected chi connectivity index (χ1v) is 7.33. The van der Waals surface area contributed by atoms with Gasteiger partial charge in [-0.05, 0) is 57.7 Å². The van der Waals surface area contributed by atoms with Gasteiger partial charge in [0, 0.05) is 19.2 Å². The molecule has 0 radical (unpaired) electrons. The summed E-state index contributed by atoms with van der Waals surface area (Å²) in [6.45, 7) is 11.5. The summed E-state index contributed by atoms with van der Waals surface area (Å²) in [7, 11) is 0. The average molecular weight is 240 g/mol. The molecule has 0 aromatic heterocycles. The molecule has 0 aliphatic carbocycles. The van der Waals surface area contributed by atoms with Crippen molar-refractivity contribution in [3.63, 3.8) is 0 Å². The van der Waals surface area contributed by atoms with Crippen LogP contribution in [0, 0.1) is 11.8 Å². The van der Waals surface area contributed by atoms with Crippen LogP contribution < -0.4 is 5.32 Å². The fourth-order valence-corrected chi connectivity index (χ4v) is 3.11. The second-order valence-electron chi connectivity index (χ2n) is 5.72. The molecule has 1 N–H and O–H groups in total. The molecule has 3 nitrogen and oxygen atoms in total. The molecule has 0 amide bonds. The normalized spacial score (nSPS) is 32.1. The lowest BCUT2D eigenvalue weighted by Gasteiger charge is -2.28. The Morgan fingerprint density at radius 1 is 1.41 bits per heavy atom. The van der Waals surface area contributed by atoms with Crippen LogP contribution in [-0.2, 0) is 4.74 Å². The molecule has 2 rings (SSSR count). The van der Waals surface area contributed by atoms with Crippen molar-refractivity contribution in [3.05, 3.63) is 0 Å². The highest BCUT2D eigenvalue weighted by molar-refractivity contribution is 4.85. The molecule has 3 heteroatoms. The maximum absolute atomic E-state index is 5.51. The van der Waals surface area contributed by atoms with Crippen molar-refractivity contribution in [2.24, 2.45) is 11.8 Å². The van der Waals surface area contributed by atoms with Crippen molar-refractivity contribution >= 4 is 0 Å². The van der Waals surface area contributed by atoms with Gasteiger partial charge in [0.15, 0.2) is 0 Å². The Morgan fingerprint density at radius 3 is 3.00 bits per heavy atom. The Hall–Kier alpha value is -0.120. The van der Waals surface area contributed by atoms with Gasteiger partial charge in [0.1, 0.15) is 0 Å². The molecule has 0 spiro atoms. The van der Waals surface area contributed by atoms with Gasteiger partial charge in [-0.1, -0.05) is 6.92 Å². The van der Waals surface area contributed by atoms with Crippen LogP contribution in [0.2, 0.25) is 0 Å². The lowest BCUT2D eigenvalue weighted by atomic mass is 9.99. The van der Waals surface area contributed by atoms with Crippen molar-refractivity contribution in [2.45, 2.75) is 39.2 Å². The first-order valence-electron chi connectivity index (χ1n) is 7.33. The summed E-state index contributed by atoms with van der Waals surface area (Å²) in [5, 5.41) is 3.55. The van der Waals surface area contributed by atoms with Gasteiger partial charge in [0.2, 0.25) is 0 Å². The van der Waals surface area contributed by atoms with E-state index in [0.717, 1.165) is 25.0 Å². The molecule has 3 unspecified atom stereocenters. The third-order valence-electron chi connectivity index (χ3n) is 4.40. The third-order valence-corrected chi connectivity index (χ3v) is 4.40. The van der Waals surface area contributed by atoms with E-state index in [1.54, 1.807) is 0 Å². The van der Waals surface area contributed by atoms with E-state index < -0.39 is 0 Å². The first kappa shape index (κ1) is 13.3. The SMILES string of the molecule is CCCNCC1CCN(C(C)C2CCOC2)C1. The minimum atomic E-state index is 0.716. The number of likely N-dealkylation sites (tertiary alicyclic amines) is 1. The molecule has 2 saturated heterocycles. The molecule has 0 bridgehead atoms. The Labute approximate surface area is 106 Å². The van der Waals surface area contributed by atoms with E-state index in [1.807, 2.05) is 0 Å². The Morgan fingerprint density at radius 2 is 2.29 bits per heavy atom. The lowest BCUT2D eigenvalue weighted by Crippen LogP contribution is -2.38. The smallest absolute Gasteiger partial charge is 0.0509 e. The van der Waals surface area contributed by atoms with Gasteiger partial charge in [-0.15, -0.1) is 0 Å². The monoisotopic (exact) mass is 240 g/mol. The number of hydrogen-bond acceptors (Lipinski definition) is 3. The predicted molar refractivity (Wildman–Crippen MR) is 71.2 cm³/mol. The predicted octanol–water partition coefficient (Wildman–Crippen LogP) is 1.73. The molecular formula is C14H28N2O. The minimum Gasteiger partial charge on any atom is -0.381 e. The molecule has 2 aliphatic heterocycles. The van der Waals surface area contributed by atoms with E-state index in [-0.39, 0.29) is 0 Å². The minimum absolute atomic E-state index is 0.716. The van der Waals surface area contributed by atoms with Crippen LogP contribution in [0.3, 0.4) is 0 Å². The zero-order valence-corrected chi connectivity index (χ0v) is 11.5. The average Bonchev–Trinajstić information content (AvgIpc) is 3.00. The summed E-state index contributed by atoms with van der Waals surface area (Å²) in [4.78, 5) is 2.68. The first-order chi connectivity index (χ1) is 8.31. The highest BCUT2D eigenvalue weighted by Crippen LogP contribution is 2.26. The number of nitrogens with zero attached hydrogens (tertiary/aromatic N) is 1. The van der Waals surface area contributed by atoms with E-state index in [2.05, 4.69) is 24.1 Å². The summed E-state index contributed by atoms with van der Waals surface area (Å²) in [5.74, 6) is 1.64. The van der Waals surface area contributed by atoms with Crippen LogP contribution in [0.1, 0.15) is 33.1 Å². The molecule has 0 aromatic carbocycles. The topological polar surface area (TPSA) is 24.5 Å². The summed E-state index contributed by atoms with van der Waals surface area (Å²) < 4.78 is 5.51.